The van der Waals surface area contributed by atoms with Crippen LogP contribution in [-0.2, 0) is 11.3 Å². The Morgan fingerprint density at radius 3 is 2.44 bits per heavy atom. The molecule has 2 rings (SSSR count). The number of furan rings is 1. The molecule has 1 atom stereocenters. The molecule has 146 valence electrons. The van der Waals surface area contributed by atoms with E-state index >= 15 is 0 Å². The Morgan fingerprint density at radius 2 is 1.92 bits per heavy atom. The lowest BCUT2D eigenvalue weighted by Gasteiger charge is -2.38. The summed E-state index contributed by atoms with van der Waals surface area (Å²) in [7, 11) is 0. The monoisotopic (exact) mass is 395 g/mol. The van der Waals surface area contributed by atoms with Crippen LogP contribution in [0.5, 0.6) is 0 Å². The van der Waals surface area contributed by atoms with E-state index in [1.165, 1.54) is 6.26 Å². The maximum absolute atomic E-state index is 12.3. The number of carbonyl (C=O) groups is 1. The Labute approximate surface area is 162 Å². The molecular formula is C17H31Cl2N3O3. The van der Waals surface area contributed by atoms with Crippen molar-refractivity contribution in [3.8, 4) is 0 Å². The standard InChI is InChI=1S/C17H29N3O3.2ClH/c1-3-13(4-2)16(20-5-7-22-8-6-20)11-19-17(21)14-9-15(10-18)23-12-14;;/h9,12-13,16H,3-8,10-11,18H2,1-2H3,(H,19,21);2*1H. The highest BCUT2D eigenvalue weighted by atomic mass is 35.5. The third-order valence-corrected chi connectivity index (χ3v) is 4.70. The molecule has 1 aliphatic heterocycles. The van der Waals surface area contributed by atoms with E-state index in [0.717, 1.165) is 39.1 Å². The fraction of sp³-hybridized carbons (Fsp3) is 0.706. The smallest absolute Gasteiger partial charge is 0.254 e. The minimum absolute atomic E-state index is 0. The van der Waals surface area contributed by atoms with Crippen molar-refractivity contribution in [3.63, 3.8) is 0 Å². The number of nitrogens with zero attached hydrogens (tertiary/aromatic N) is 1. The van der Waals surface area contributed by atoms with Gasteiger partial charge in [0, 0.05) is 25.7 Å². The van der Waals surface area contributed by atoms with E-state index in [4.69, 9.17) is 14.9 Å². The molecule has 8 heteroatoms. The van der Waals surface area contributed by atoms with Crippen molar-refractivity contribution in [1.82, 2.24) is 10.2 Å². The normalized spacial score (nSPS) is 16.0. The van der Waals surface area contributed by atoms with Gasteiger partial charge in [-0.15, -0.1) is 24.8 Å². The van der Waals surface area contributed by atoms with Gasteiger partial charge in [-0.05, 0) is 12.0 Å². The fourth-order valence-electron chi connectivity index (χ4n) is 3.24. The predicted molar refractivity (Wildman–Crippen MR) is 104 cm³/mol. The van der Waals surface area contributed by atoms with Gasteiger partial charge < -0.3 is 20.2 Å². The van der Waals surface area contributed by atoms with Crippen molar-refractivity contribution >= 4 is 30.7 Å². The Balaban J connectivity index is 0.00000288. The molecule has 1 unspecified atom stereocenters. The van der Waals surface area contributed by atoms with Gasteiger partial charge in [0.15, 0.2) is 0 Å². The second kappa shape index (κ2) is 12.5. The molecule has 0 radical (unpaired) electrons. The second-order valence-electron chi connectivity index (χ2n) is 6.01. The van der Waals surface area contributed by atoms with E-state index < -0.39 is 0 Å². The Morgan fingerprint density at radius 1 is 1.28 bits per heavy atom. The first-order valence-corrected chi connectivity index (χ1v) is 8.57. The first kappa shape index (κ1) is 24.2. The third kappa shape index (κ3) is 6.79. The second-order valence-corrected chi connectivity index (χ2v) is 6.01. The van der Waals surface area contributed by atoms with Crippen molar-refractivity contribution in [2.45, 2.75) is 39.3 Å². The van der Waals surface area contributed by atoms with Gasteiger partial charge in [-0.25, -0.2) is 0 Å². The molecule has 1 aromatic heterocycles. The largest absolute Gasteiger partial charge is 0.467 e. The number of morpholine rings is 1. The average Bonchev–Trinajstić information content (AvgIpc) is 3.08. The molecule has 1 aliphatic rings. The van der Waals surface area contributed by atoms with Gasteiger partial charge in [-0.1, -0.05) is 26.7 Å². The van der Waals surface area contributed by atoms with Crippen molar-refractivity contribution in [3.05, 3.63) is 23.7 Å². The topological polar surface area (TPSA) is 80.7 Å². The lowest BCUT2D eigenvalue weighted by Crippen LogP contribution is -2.52. The van der Waals surface area contributed by atoms with E-state index in [1.807, 2.05) is 0 Å². The van der Waals surface area contributed by atoms with Crippen LogP contribution in [0.15, 0.2) is 16.7 Å². The summed E-state index contributed by atoms with van der Waals surface area (Å²) < 4.78 is 10.7. The van der Waals surface area contributed by atoms with Crippen molar-refractivity contribution in [2.24, 2.45) is 11.7 Å². The zero-order chi connectivity index (χ0) is 16.7. The predicted octanol–water partition coefficient (Wildman–Crippen LogP) is 2.45. The van der Waals surface area contributed by atoms with Crippen molar-refractivity contribution < 1.29 is 13.9 Å². The summed E-state index contributed by atoms with van der Waals surface area (Å²) in [6.07, 6.45) is 3.69. The zero-order valence-corrected chi connectivity index (χ0v) is 16.7. The van der Waals surface area contributed by atoms with Crippen LogP contribution in [0, 0.1) is 5.92 Å². The van der Waals surface area contributed by atoms with E-state index in [2.05, 4.69) is 24.1 Å². The van der Waals surface area contributed by atoms with Gasteiger partial charge in [0.05, 0.1) is 25.3 Å². The number of ether oxygens (including phenoxy) is 1. The van der Waals surface area contributed by atoms with Gasteiger partial charge in [0.1, 0.15) is 12.0 Å². The highest BCUT2D eigenvalue weighted by Gasteiger charge is 2.27. The van der Waals surface area contributed by atoms with Crippen LogP contribution in [-0.4, -0.2) is 49.7 Å². The highest BCUT2D eigenvalue weighted by Crippen LogP contribution is 2.20. The summed E-state index contributed by atoms with van der Waals surface area (Å²) in [5.74, 6) is 1.09. The lowest BCUT2D eigenvalue weighted by molar-refractivity contribution is 0.00191. The number of nitrogens with two attached hydrogens (primary N) is 1. The number of amides is 1. The van der Waals surface area contributed by atoms with Crippen LogP contribution in [0.2, 0.25) is 0 Å². The molecule has 0 bridgehead atoms. The molecule has 25 heavy (non-hydrogen) atoms. The Bertz CT molecular complexity index is 489. The molecule has 1 saturated heterocycles. The molecule has 1 amide bonds. The lowest BCUT2D eigenvalue weighted by atomic mass is 9.92. The van der Waals surface area contributed by atoms with Crippen LogP contribution >= 0.6 is 24.8 Å². The van der Waals surface area contributed by atoms with Crippen LogP contribution < -0.4 is 11.1 Å². The summed E-state index contributed by atoms with van der Waals surface area (Å²) in [5, 5.41) is 3.06. The van der Waals surface area contributed by atoms with E-state index in [9.17, 15) is 4.79 Å². The van der Waals surface area contributed by atoms with E-state index in [0.29, 0.717) is 36.4 Å². The van der Waals surface area contributed by atoms with Crippen LogP contribution in [0.3, 0.4) is 0 Å². The molecule has 0 saturated carbocycles. The molecule has 0 aliphatic carbocycles. The Kier molecular flexibility index (Phi) is 12.1. The maximum atomic E-state index is 12.3. The highest BCUT2D eigenvalue weighted by molar-refractivity contribution is 5.94. The molecule has 2 heterocycles. The van der Waals surface area contributed by atoms with Crippen LogP contribution in [0.1, 0.15) is 42.8 Å². The van der Waals surface area contributed by atoms with Crippen LogP contribution in [0.4, 0.5) is 0 Å². The van der Waals surface area contributed by atoms with Crippen molar-refractivity contribution in [1.29, 1.82) is 0 Å². The number of carbonyl (C=O) groups excluding carboxylic acids is 1. The first-order valence-electron chi connectivity index (χ1n) is 8.57. The van der Waals surface area contributed by atoms with Gasteiger partial charge in [-0.3, -0.25) is 9.69 Å². The SMILES string of the molecule is CCC(CC)C(CNC(=O)c1coc(CN)c1)N1CCOCC1.Cl.Cl. The minimum Gasteiger partial charge on any atom is -0.467 e. The van der Waals surface area contributed by atoms with Gasteiger partial charge in [-0.2, -0.15) is 0 Å². The quantitative estimate of drug-likeness (QED) is 0.706. The number of halogens is 2. The van der Waals surface area contributed by atoms with Crippen molar-refractivity contribution in [2.75, 3.05) is 32.8 Å². The van der Waals surface area contributed by atoms with E-state index in [-0.39, 0.29) is 30.7 Å². The number of hydrogen-bond acceptors (Lipinski definition) is 5. The summed E-state index contributed by atoms with van der Waals surface area (Å²) in [6, 6.07) is 2.05. The average molecular weight is 396 g/mol. The summed E-state index contributed by atoms with van der Waals surface area (Å²) in [6.45, 7) is 8.78. The van der Waals surface area contributed by atoms with Gasteiger partial charge >= 0.3 is 0 Å². The summed E-state index contributed by atoms with van der Waals surface area (Å²) in [4.78, 5) is 14.8. The number of rotatable bonds is 8. The minimum atomic E-state index is -0.0994. The van der Waals surface area contributed by atoms with Gasteiger partial charge in [0.25, 0.3) is 5.91 Å². The number of nitrogens with one attached hydrogen (secondary N) is 1. The van der Waals surface area contributed by atoms with Gasteiger partial charge in [0.2, 0.25) is 0 Å². The molecular weight excluding hydrogens is 365 g/mol. The first-order chi connectivity index (χ1) is 11.2. The molecule has 0 spiro atoms. The maximum Gasteiger partial charge on any atom is 0.254 e. The van der Waals surface area contributed by atoms with E-state index in [1.54, 1.807) is 6.07 Å². The molecule has 6 nitrogen and oxygen atoms in total. The summed E-state index contributed by atoms with van der Waals surface area (Å²) >= 11 is 0. The third-order valence-electron chi connectivity index (χ3n) is 4.70. The molecule has 0 aromatic carbocycles. The summed E-state index contributed by atoms with van der Waals surface area (Å²) in [5.41, 5.74) is 6.05. The van der Waals surface area contributed by atoms with Crippen LogP contribution in [0.25, 0.3) is 0 Å². The molecule has 1 aromatic rings. The fourth-order valence-corrected chi connectivity index (χ4v) is 3.24. The molecule has 3 N–H and O–H groups in total. The zero-order valence-electron chi connectivity index (χ0n) is 15.0. The number of hydrogen-bond donors (Lipinski definition) is 2. The Hall–Kier alpha value is -0.790. The molecule has 1 fully saturated rings.